The SMILES string of the molecule is CC=CC(=O)NCNC(=O)C1=CC2CN1/C=C\N=COC/C=C\C=C/c1ccc3ccnc(c3c1)O2. The Bertz CT molecular complexity index is 1290. The van der Waals surface area contributed by atoms with Crippen LogP contribution in [0.3, 0.4) is 0 Å². The molecule has 36 heavy (non-hydrogen) atoms. The van der Waals surface area contributed by atoms with Crippen molar-refractivity contribution in [1.82, 2.24) is 20.5 Å². The lowest BCUT2D eigenvalue weighted by atomic mass is 10.1. The minimum absolute atomic E-state index is 0.0108. The Morgan fingerprint density at radius 3 is 3.03 bits per heavy atom. The maximum absolute atomic E-state index is 12.9. The molecule has 1 aromatic heterocycles. The van der Waals surface area contributed by atoms with Crippen LogP contribution in [0.5, 0.6) is 5.88 Å². The van der Waals surface area contributed by atoms with Gasteiger partial charge in [-0.05, 0) is 48.2 Å². The Morgan fingerprint density at radius 2 is 2.14 bits per heavy atom. The summed E-state index contributed by atoms with van der Waals surface area (Å²) in [6.45, 7) is 2.48. The average Bonchev–Trinajstić information content (AvgIpc) is 3.27. The van der Waals surface area contributed by atoms with E-state index < -0.39 is 6.10 Å². The van der Waals surface area contributed by atoms with E-state index in [1.807, 2.05) is 48.6 Å². The number of nitrogens with one attached hydrogen (secondary N) is 2. The number of amides is 2. The molecule has 184 valence electrons. The number of hydrogen-bond donors (Lipinski definition) is 2. The first-order chi connectivity index (χ1) is 17.6. The number of hydrogen-bond acceptors (Lipinski definition) is 7. The molecule has 3 heterocycles. The van der Waals surface area contributed by atoms with Gasteiger partial charge in [-0.25, -0.2) is 9.98 Å². The average molecular weight is 486 g/mol. The first kappa shape index (κ1) is 24.5. The molecule has 4 bridgehead atoms. The van der Waals surface area contributed by atoms with Crippen LogP contribution >= 0.6 is 0 Å². The number of nitrogens with zero attached hydrogens (tertiary/aromatic N) is 3. The van der Waals surface area contributed by atoms with Gasteiger partial charge < -0.3 is 25.0 Å². The lowest BCUT2D eigenvalue weighted by molar-refractivity contribution is -0.119. The molecule has 2 aromatic rings. The van der Waals surface area contributed by atoms with Crippen LogP contribution in [0.1, 0.15) is 12.5 Å². The van der Waals surface area contributed by atoms with E-state index >= 15 is 0 Å². The van der Waals surface area contributed by atoms with Gasteiger partial charge in [0.1, 0.15) is 18.4 Å². The first-order valence-corrected chi connectivity index (χ1v) is 11.5. The molecule has 2 aliphatic rings. The third-order valence-electron chi connectivity index (χ3n) is 5.31. The molecule has 2 N–H and O–H groups in total. The fourth-order valence-electron chi connectivity index (χ4n) is 3.64. The molecule has 9 nitrogen and oxygen atoms in total. The second-order valence-electron chi connectivity index (χ2n) is 7.85. The van der Waals surface area contributed by atoms with E-state index in [9.17, 15) is 9.59 Å². The van der Waals surface area contributed by atoms with Gasteiger partial charge in [0.05, 0.1) is 13.2 Å². The maximum Gasteiger partial charge on any atom is 0.269 e. The van der Waals surface area contributed by atoms with Gasteiger partial charge in [-0.3, -0.25) is 9.59 Å². The molecule has 2 amide bonds. The minimum Gasteiger partial charge on any atom is -0.479 e. The van der Waals surface area contributed by atoms with Crippen LogP contribution < -0.4 is 15.4 Å². The number of aromatic nitrogens is 1. The van der Waals surface area contributed by atoms with E-state index in [-0.39, 0.29) is 18.5 Å². The van der Waals surface area contributed by atoms with Gasteiger partial charge in [-0.2, -0.15) is 0 Å². The Hall–Kier alpha value is -4.66. The summed E-state index contributed by atoms with van der Waals surface area (Å²) >= 11 is 0. The smallest absolute Gasteiger partial charge is 0.269 e. The number of rotatable bonds is 4. The molecule has 0 spiro atoms. The standard InChI is InChI=1S/C27H27N5O4/c1-2-6-25(33)30-18-31-26(34)24-16-22-17-32(24)13-12-28-19-35-14-5-3-4-7-20-8-9-21-10-11-29-27(36-22)23(21)15-20/h2-13,15-16,19,22H,14,17-18H2,1H3,(H,30,33)(H,31,34)/b5-3-,6-2?,7-4-,13-12-,28-19?. The molecule has 1 atom stereocenters. The predicted octanol–water partition coefficient (Wildman–Crippen LogP) is 3.05. The van der Waals surface area contributed by atoms with Crippen molar-refractivity contribution in [2.45, 2.75) is 13.0 Å². The second kappa shape index (κ2) is 12.2. The van der Waals surface area contributed by atoms with E-state index in [1.165, 1.54) is 18.7 Å². The monoisotopic (exact) mass is 485 g/mol. The fourth-order valence-corrected chi connectivity index (χ4v) is 3.64. The van der Waals surface area contributed by atoms with E-state index in [2.05, 4.69) is 20.6 Å². The zero-order valence-electron chi connectivity index (χ0n) is 19.8. The summed E-state index contributed by atoms with van der Waals surface area (Å²) in [5, 5.41) is 7.17. The van der Waals surface area contributed by atoms with Crippen molar-refractivity contribution in [3.05, 3.63) is 90.6 Å². The van der Waals surface area contributed by atoms with Crippen molar-refractivity contribution in [3.8, 4) is 5.88 Å². The van der Waals surface area contributed by atoms with E-state index in [4.69, 9.17) is 9.47 Å². The molecular weight excluding hydrogens is 458 g/mol. The van der Waals surface area contributed by atoms with Crippen molar-refractivity contribution in [2.24, 2.45) is 4.99 Å². The summed E-state index contributed by atoms with van der Waals surface area (Å²) in [6.07, 6.45) is 18.2. The predicted molar refractivity (Wildman–Crippen MR) is 139 cm³/mol. The van der Waals surface area contributed by atoms with Crippen molar-refractivity contribution in [1.29, 1.82) is 0 Å². The number of carbonyl (C=O) groups excluding carboxylic acids is 2. The zero-order valence-corrected chi connectivity index (χ0v) is 19.8. The number of benzene rings is 1. The number of ether oxygens (including phenoxy) is 2. The van der Waals surface area contributed by atoms with Crippen molar-refractivity contribution >= 4 is 35.1 Å². The highest BCUT2D eigenvalue weighted by Crippen LogP contribution is 2.28. The normalized spacial score (nSPS) is 20.1. The molecule has 0 fully saturated rings. The van der Waals surface area contributed by atoms with Crippen LogP contribution in [-0.2, 0) is 14.3 Å². The highest BCUT2D eigenvalue weighted by molar-refractivity contribution is 5.94. The molecular formula is C27H27N5O4. The van der Waals surface area contributed by atoms with Crippen molar-refractivity contribution in [2.75, 3.05) is 19.8 Å². The van der Waals surface area contributed by atoms with Gasteiger partial charge in [0, 0.05) is 24.0 Å². The van der Waals surface area contributed by atoms with Crippen LogP contribution in [-0.4, -0.2) is 54.0 Å². The molecule has 9 heteroatoms. The van der Waals surface area contributed by atoms with Gasteiger partial charge in [0.25, 0.3) is 5.91 Å². The summed E-state index contributed by atoms with van der Waals surface area (Å²) in [4.78, 5) is 34.8. The Morgan fingerprint density at radius 1 is 1.22 bits per heavy atom. The summed E-state index contributed by atoms with van der Waals surface area (Å²) in [5.41, 5.74) is 1.37. The Labute approximate surface area is 209 Å². The van der Waals surface area contributed by atoms with Gasteiger partial charge in [-0.1, -0.05) is 36.4 Å². The molecule has 0 radical (unpaired) electrons. The number of fused-ring (bicyclic) bond motifs is 3. The van der Waals surface area contributed by atoms with Gasteiger partial charge >= 0.3 is 0 Å². The van der Waals surface area contributed by atoms with Gasteiger partial charge in [0.2, 0.25) is 11.8 Å². The van der Waals surface area contributed by atoms with Gasteiger partial charge in [0.15, 0.2) is 6.40 Å². The van der Waals surface area contributed by atoms with Crippen LogP contribution in [0.15, 0.2) is 90.0 Å². The molecule has 4 rings (SSSR count). The summed E-state index contributed by atoms with van der Waals surface area (Å²) < 4.78 is 11.6. The highest BCUT2D eigenvalue weighted by atomic mass is 16.5. The van der Waals surface area contributed by atoms with Crippen LogP contribution in [0.2, 0.25) is 0 Å². The van der Waals surface area contributed by atoms with Gasteiger partial charge in [-0.15, -0.1) is 0 Å². The number of carbonyl (C=O) groups is 2. The molecule has 1 aromatic carbocycles. The maximum atomic E-state index is 12.9. The largest absolute Gasteiger partial charge is 0.479 e. The number of aliphatic imine (C=N–C) groups is 1. The molecule has 0 saturated carbocycles. The highest BCUT2D eigenvalue weighted by Gasteiger charge is 2.28. The van der Waals surface area contributed by atoms with Crippen LogP contribution in [0.4, 0.5) is 0 Å². The van der Waals surface area contributed by atoms with Crippen molar-refractivity contribution < 1.29 is 19.1 Å². The molecule has 0 aliphatic carbocycles. The minimum atomic E-state index is -0.438. The summed E-state index contributed by atoms with van der Waals surface area (Å²) in [6, 6.07) is 7.99. The number of allylic oxidation sites excluding steroid dienone is 3. The number of pyridine rings is 1. The summed E-state index contributed by atoms with van der Waals surface area (Å²) in [7, 11) is 0. The summed E-state index contributed by atoms with van der Waals surface area (Å²) in [5.74, 6) is -0.169. The topological polar surface area (TPSA) is 105 Å². The van der Waals surface area contributed by atoms with E-state index in [0.29, 0.717) is 24.7 Å². The third-order valence-corrected chi connectivity index (χ3v) is 5.31. The fraction of sp³-hybridized carbons (Fsp3) is 0.185. The van der Waals surface area contributed by atoms with Crippen molar-refractivity contribution in [3.63, 3.8) is 0 Å². The quantitative estimate of drug-likeness (QED) is 0.510. The molecule has 0 saturated heterocycles. The molecule has 2 aliphatic heterocycles. The van der Waals surface area contributed by atoms with Crippen LogP contribution in [0.25, 0.3) is 16.8 Å². The Balaban J connectivity index is 1.60. The second-order valence-corrected chi connectivity index (χ2v) is 7.85. The van der Waals surface area contributed by atoms with E-state index in [1.54, 1.807) is 36.4 Å². The third kappa shape index (κ3) is 6.47. The van der Waals surface area contributed by atoms with Crippen LogP contribution in [0, 0.1) is 0 Å². The molecule has 1 unspecified atom stereocenters. The Kier molecular flexibility index (Phi) is 8.27. The lowest BCUT2D eigenvalue weighted by Gasteiger charge is -2.18. The first-order valence-electron chi connectivity index (χ1n) is 11.5. The lowest BCUT2D eigenvalue weighted by Crippen LogP contribution is -2.39. The van der Waals surface area contributed by atoms with E-state index in [0.717, 1.165) is 16.3 Å². The zero-order chi connectivity index (χ0) is 25.2.